The van der Waals surface area contributed by atoms with E-state index in [0.717, 1.165) is 75.1 Å². The molecule has 3 aromatic rings. The molecular formula is C26H31N7O2. The number of amides is 1. The minimum atomic E-state index is -0.00134. The van der Waals surface area contributed by atoms with Crippen molar-refractivity contribution in [3.8, 4) is 0 Å². The van der Waals surface area contributed by atoms with Crippen molar-refractivity contribution in [2.24, 2.45) is 5.92 Å². The molecule has 0 unspecified atom stereocenters. The van der Waals surface area contributed by atoms with E-state index >= 15 is 0 Å². The summed E-state index contributed by atoms with van der Waals surface area (Å²) in [5.41, 5.74) is 3.10. The van der Waals surface area contributed by atoms with Crippen molar-refractivity contribution in [3.05, 3.63) is 66.5 Å². The van der Waals surface area contributed by atoms with Gasteiger partial charge in [0, 0.05) is 62.4 Å². The number of nitrogens with zero attached hydrogens (tertiary/aromatic N) is 5. The topological polar surface area (TPSA) is 95.5 Å². The van der Waals surface area contributed by atoms with Crippen LogP contribution in [0.25, 0.3) is 0 Å². The van der Waals surface area contributed by atoms with Gasteiger partial charge in [-0.3, -0.25) is 9.78 Å². The zero-order valence-corrected chi connectivity index (χ0v) is 19.8. The van der Waals surface area contributed by atoms with Crippen LogP contribution < -0.4 is 20.4 Å². The van der Waals surface area contributed by atoms with Gasteiger partial charge in [0.15, 0.2) is 5.82 Å². The number of carbonyl (C=O) groups is 1. The lowest BCUT2D eigenvalue weighted by Gasteiger charge is -2.32. The van der Waals surface area contributed by atoms with E-state index < -0.39 is 0 Å². The Balaban J connectivity index is 1.08. The number of hydrogen-bond donors (Lipinski definition) is 2. The van der Waals surface area contributed by atoms with Crippen LogP contribution in [0.5, 0.6) is 0 Å². The molecule has 0 aliphatic carbocycles. The van der Waals surface area contributed by atoms with Crippen LogP contribution in [-0.2, 0) is 16.1 Å². The number of morpholine rings is 1. The number of benzene rings is 1. The third kappa shape index (κ3) is 6.05. The van der Waals surface area contributed by atoms with Crippen molar-refractivity contribution in [1.82, 2.24) is 15.2 Å². The van der Waals surface area contributed by atoms with Crippen LogP contribution in [-0.4, -0.2) is 60.5 Å². The van der Waals surface area contributed by atoms with Gasteiger partial charge in [0.1, 0.15) is 5.82 Å². The zero-order chi connectivity index (χ0) is 23.9. The maximum absolute atomic E-state index is 12.8. The molecule has 2 saturated heterocycles. The lowest BCUT2D eigenvalue weighted by atomic mass is 9.96. The Labute approximate surface area is 205 Å². The van der Waals surface area contributed by atoms with Crippen molar-refractivity contribution in [2.75, 3.05) is 59.8 Å². The molecule has 0 saturated carbocycles. The quantitative estimate of drug-likeness (QED) is 0.540. The summed E-state index contributed by atoms with van der Waals surface area (Å²) in [4.78, 5) is 21.4. The predicted molar refractivity (Wildman–Crippen MR) is 137 cm³/mol. The first-order valence-electron chi connectivity index (χ1n) is 12.2. The number of rotatable bonds is 7. The first-order valence-corrected chi connectivity index (χ1v) is 12.2. The van der Waals surface area contributed by atoms with E-state index in [0.29, 0.717) is 6.54 Å². The lowest BCUT2D eigenvalue weighted by Crippen LogP contribution is -2.38. The molecule has 182 valence electrons. The van der Waals surface area contributed by atoms with E-state index in [1.54, 1.807) is 6.20 Å². The van der Waals surface area contributed by atoms with Crippen LogP contribution in [0.3, 0.4) is 0 Å². The van der Waals surface area contributed by atoms with Gasteiger partial charge in [-0.1, -0.05) is 6.07 Å². The van der Waals surface area contributed by atoms with Gasteiger partial charge >= 0.3 is 0 Å². The molecule has 2 aliphatic heterocycles. The molecule has 0 radical (unpaired) electrons. The predicted octanol–water partition coefficient (Wildman–Crippen LogP) is 3.18. The largest absolute Gasteiger partial charge is 0.378 e. The summed E-state index contributed by atoms with van der Waals surface area (Å²) >= 11 is 0. The van der Waals surface area contributed by atoms with Crippen LogP contribution in [0.1, 0.15) is 18.4 Å². The molecule has 9 nitrogen and oxygen atoms in total. The van der Waals surface area contributed by atoms with Gasteiger partial charge in [0.25, 0.3) is 0 Å². The molecule has 0 spiro atoms. The molecule has 5 rings (SSSR count). The molecule has 4 heterocycles. The van der Waals surface area contributed by atoms with Crippen LogP contribution in [0, 0.1) is 5.92 Å². The summed E-state index contributed by atoms with van der Waals surface area (Å²) in [6.45, 7) is 5.54. The van der Waals surface area contributed by atoms with Crippen molar-refractivity contribution < 1.29 is 9.53 Å². The smallest absolute Gasteiger partial charge is 0.227 e. The number of ether oxygens (including phenoxy) is 1. The molecule has 2 N–H and O–H groups in total. The maximum atomic E-state index is 12.8. The van der Waals surface area contributed by atoms with Crippen LogP contribution in [0.4, 0.5) is 23.0 Å². The Kier molecular flexibility index (Phi) is 7.33. The van der Waals surface area contributed by atoms with Gasteiger partial charge in [0.2, 0.25) is 5.91 Å². The van der Waals surface area contributed by atoms with Crippen molar-refractivity contribution in [2.45, 2.75) is 19.4 Å². The third-order valence-corrected chi connectivity index (χ3v) is 6.55. The van der Waals surface area contributed by atoms with Crippen molar-refractivity contribution >= 4 is 28.9 Å². The first kappa shape index (κ1) is 23.0. The van der Waals surface area contributed by atoms with Crippen LogP contribution in [0.2, 0.25) is 0 Å². The first-order chi connectivity index (χ1) is 17.2. The second-order valence-electron chi connectivity index (χ2n) is 8.89. The van der Waals surface area contributed by atoms with E-state index in [-0.39, 0.29) is 11.8 Å². The van der Waals surface area contributed by atoms with Gasteiger partial charge in [-0.25, -0.2) is 0 Å². The van der Waals surface area contributed by atoms with Gasteiger partial charge in [0.05, 0.1) is 13.2 Å². The van der Waals surface area contributed by atoms with E-state index in [4.69, 9.17) is 4.74 Å². The summed E-state index contributed by atoms with van der Waals surface area (Å²) in [7, 11) is 0. The Hall–Kier alpha value is -3.72. The number of hydrogen-bond acceptors (Lipinski definition) is 8. The number of aromatic nitrogens is 3. The van der Waals surface area contributed by atoms with Crippen molar-refractivity contribution in [3.63, 3.8) is 0 Å². The van der Waals surface area contributed by atoms with Gasteiger partial charge < -0.3 is 25.2 Å². The van der Waals surface area contributed by atoms with Crippen LogP contribution >= 0.6 is 0 Å². The van der Waals surface area contributed by atoms with E-state index in [1.165, 1.54) is 5.69 Å². The highest BCUT2D eigenvalue weighted by Gasteiger charge is 2.26. The number of anilines is 4. The standard InChI is InChI=1S/C26H31N7O2/c34-26(29-22-3-5-23(6-4-22)32-14-16-35-17-15-32)21-9-12-33(13-10-21)25-8-7-24(30-31-25)28-19-20-2-1-11-27-18-20/h1-8,11,18,21H,9-10,12-17,19H2,(H,28,30)(H,29,34). The highest BCUT2D eigenvalue weighted by molar-refractivity contribution is 5.92. The summed E-state index contributed by atoms with van der Waals surface area (Å²) in [6.07, 6.45) is 5.17. The molecule has 1 amide bonds. The molecular weight excluding hydrogens is 442 g/mol. The van der Waals surface area contributed by atoms with Crippen molar-refractivity contribution in [1.29, 1.82) is 0 Å². The summed E-state index contributed by atoms with van der Waals surface area (Å²) in [5.74, 6) is 1.66. The number of piperidine rings is 1. The Morgan fingerprint density at radius 1 is 0.943 bits per heavy atom. The van der Waals surface area contributed by atoms with Gasteiger partial charge in [-0.15, -0.1) is 10.2 Å². The fourth-order valence-electron chi connectivity index (χ4n) is 4.48. The normalized spacial score (nSPS) is 16.7. The molecule has 35 heavy (non-hydrogen) atoms. The summed E-state index contributed by atoms with van der Waals surface area (Å²) in [6, 6.07) is 16.0. The molecule has 9 heteroatoms. The number of pyridine rings is 1. The number of carbonyl (C=O) groups excluding carboxylic acids is 1. The van der Waals surface area contributed by atoms with E-state index in [9.17, 15) is 4.79 Å². The third-order valence-electron chi connectivity index (χ3n) is 6.55. The Morgan fingerprint density at radius 2 is 1.74 bits per heavy atom. The van der Waals surface area contributed by atoms with E-state index in [1.807, 2.05) is 42.6 Å². The minimum absolute atomic E-state index is 0.00134. The zero-order valence-electron chi connectivity index (χ0n) is 19.8. The SMILES string of the molecule is O=C(Nc1ccc(N2CCOCC2)cc1)C1CCN(c2ccc(NCc3cccnc3)nn2)CC1. The average Bonchev–Trinajstić information content (AvgIpc) is 2.94. The fourth-order valence-corrected chi connectivity index (χ4v) is 4.48. The molecule has 0 bridgehead atoms. The molecule has 0 atom stereocenters. The molecule has 2 fully saturated rings. The molecule has 2 aliphatic rings. The second-order valence-corrected chi connectivity index (χ2v) is 8.89. The highest BCUT2D eigenvalue weighted by Crippen LogP contribution is 2.24. The Bertz CT molecular complexity index is 1080. The minimum Gasteiger partial charge on any atom is -0.378 e. The monoisotopic (exact) mass is 473 g/mol. The fraction of sp³-hybridized carbons (Fsp3) is 0.385. The molecule has 2 aromatic heterocycles. The lowest BCUT2D eigenvalue weighted by molar-refractivity contribution is -0.120. The summed E-state index contributed by atoms with van der Waals surface area (Å²) < 4.78 is 5.42. The summed E-state index contributed by atoms with van der Waals surface area (Å²) in [5, 5.41) is 15.0. The van der Waals surface area contributed by atoms with Gasteiger partial charge in [-0.2, -0.15) is 0 Å². The molecule has 1 aromatic carbocycles. The average molecular weight is 474 g/mol. The number of nitrogens with one attached hydrogen (secondary N) is 2. The van der Waals surface area contributed by atoms with Crippen LogP contribution in [0.15, 0.2) is 60.9 Å². The maximum Gasteiger partial charge on any atom is 0.227 e. The Morgan fingerprint density at radius 3 is 2.43 bits per heavy atom. The highest BCUT2D eigenvalue weighted by atomic mass is 16.5. The second kappa shape index (κ2) is 11.1. The van der Waals surface area contributed by atoms with Gasteiger partial charge in [-0.05, 0) is 60.9 Å². The van der Waals surface area contributed by atoms with E-state index in [2.05, 4.69) is 47.7 Å².